The van der Waals surface area contributed by atoms with Crippen LogP contribution in [0.3, 0.4) is 0 Å². The topological polar surface area (TPSA) is 55.1 Å². The Kier molecular flexibility index (Phi) is 3.66. The lowest BCUT2D eigenvalue weighted by Gasteiger charge is -2.04. The van der Waals surface area contributed by atoms with E-state index in [-0.39, 0.29) is 6.42 Å². The largest absolute Gasteiger partial charge is 0.481 e. The number of carboxylic acids is 1. The summed E-state index contributed by atoms with van der Waals surface area (Å²) in [4.78, 5) is 10.8. The van der Waals surface area contributed by atoms with Gasteiger partial charge in [0.15, 0.2) is 11.6 Å². The van der Waals surface area contributed by atoms with Crippen molar-refractivity contribution >= 4 is 21.9 Å². The predicted octanol–water partition coefficient (Wildman–Crippen LogP) is 2.85. The third kappa shape index (κ3) is 2.65. The number of carbonyl (C=O) groups is 1. The highest BCUT2D eigenvalue weighted by Gasteiger charge is 2.17. The summed E-state index contributed by atoms with van der Waals surface area (Å²) in [6.07, 6.45) is -0.198. The van der Waals surface area contributed by atoms with Crippen molar-refractivity contribution in [2.75, 3.05) is 0 Å². The molecule has 0 amide bonds. The van der Waals surface area contributed by atoms with E-state index < -0.39 is 17.6 Å². The van der Waals surface area contributed by atoms with Crippen LogP contribution in [0.25, 0.3) is 5.69 Å². The highest BCUT2D eigenvalue weighted by atomic mass is 79.9. The Bertz CT molecular complexity index is 655. The van der Waals surface area contributed by atoms with Crippen LogP contribution in [-0.4, -0.2) is 20.9 Å². The van der Waals surface area contributed by atoms with Crippen molar-refractivity contribution in [1.82, 2.24) is 9.78 Å². The van der Waals surface area contributed by atoms with Crippen LogP contribution < -0.4 is 0 Å². The average Bonchev–Trinajstić information content (AvgIpc) is 2.60. The number of aryl methyl sites for hydroxylation is 1. The zero-order valence-corrected chi connectivity index (χ0v) is 11.4. The molecule has 7 heteroatoms. The minimum absolute atomic E-state index is 0.198. The molecule has 1 N–H and O–H groups in total. The van der Waals surface area contributed by atoms with Crippen LogP contribution in [-0.2, 0) is 11.2 Å². The van der Waals surface area contributed by atoms with Gasteiger partial charge >= 0.3 is 5.97 Å². The number of rotatable bonds is 3. The summed E-state index contributed by atoms with van der Waals surface area (Å²) in [5, 5.41) is 12.9. The molecule has 1 aromatic carbocycles. The lowest BCUT2D eigenvalue weighted by Crippen LogP contribution is -2.02. The summed E-state index contributed by atoms with van der Waals surface area (Å²) in [5.41, 5.74) is 1.32. The molecule has 0 saturated carbocycles. The maximum atomic E-state index is 13.2. The van der Waals surface area contributed by atoms with Crippen molar-refractivity contribution in [3.63, 3.8) is 0 Å². The van der Waals surface area contributed by atoms with Gasteiger partial charge in [0, 0.05) is 11.6 Å². The Hall–Kier alpha value is -1.76. The average molecular weight is 331 g/mol. The normalized spacial score (nSPS) is 10.7. The van der Waals surface area contributed by atoms with E-state index in [2.05, 4.69) is 21.0 Å². The van der Waals surface area contributed by atoms with Crippen LogP contribution in [0.4, 0.5) is 8.78 Å². The van der Waals surface area contributed by atoms with Crippen LogP contribution in [0.15, 0.2) is 22.8 Å². The molecule has 0 aliphatic rings. The van der Waals surface area contributed by atoms with Gasteiger partial charge in [0.25, 0.3) is 0 Å². The molecule has 4 nitrogen and oxygen atoms in total. The smallest absolute Gasteiger partial charge is 0.307 e. The molecule has 19 heavy (non-hydrogen) atoms. The maximum Gasteiger partial charge on any atom is 0.307 e. The van der Waals surface area contributed by atoms with E-state index in [9.17, 15) is 13.6 Å². The summed E-state index contributed by atoms with van der Waals surface area (Å²) in [6.45, 7) is 1.65. The van der Waals surface area contributed by atoms with E-state index in [0.717, 1.165) is 12.1 Å². The van der Waals surface area contributed by atoms with Crippen molar-refractivity contribution < 1.29 is 18.7 Å². The molecule has 0 fully saturated rings. The Morgan fingerprint density at radius 1 is 1.42 bits per heavy atom. The van der Waals surface area contributed by atoms with E-state index in [1.54, 1.807) is 6.92 Å². The van der Waals surface area contributed by atoms with Crippen LogP contribution >= 0.6 is 15.9 Å². The van der Waals surface area contributed by atoms with Crippen molar-refractivity contribution in [3.05, 3.63) is 45.7 Å². The van der Waals surface area contributed by atoms with Crippen molar-refractivity contribution in [2.24, 2.45) is 0 Å². The van der Waals surface area contributed by atoms with E-state index in [1.807, 2.05) is 0 Å². The minimum atomic E-state index is -0.992. The third-order valence-electron chi connectivity index (χ3n) is 2.60. The van der Waals surface area contributed by atoms with Gasteiger partial charge in [-0.05, 0) is 35.0 Å². The number of aliphatic carboxylic acids is 1. The Labute approximate surface area is 115 Å². The quantitative estimate of drug-likeness (QED) is 0.941. The van der Waals surface area contributed by atoms with Gasteiger partial charge in [-0.2, -0.15) is 5.10 Å². The second-order valence-corrected chi connectivity index (χ2v) is 4.69. The maximum absolute atomic E-state index is 13.2. The first-order chi connectivity index (χ1) is 8.90. The first kappa shape index (κ1) is 13.7. The molecule has 0 unspecified atom stereocenters. The lowest BCUT2D eigenvalue weighted by atomic mass is 10.2. The molecule has 0 atom stereocenters. The lowest BCUT2D eigenvalue weighted by molar-refractivity contribution is -0.136. The van der Waals surface area contributed by atoms with Gasteiger partial charge in [0.1, 0.15) is 4.60 Å². The van der Waals surface area contributed by atoms with E-state index in [0.29, 0.717) is 21.5 Å². The zero-order valence-electron chi connectivity index (χ0n) is 9.82. The van der Waals surface area contributed by atoms with Crippen LogP contribution in [0.1, 0.15) is 11.3 Å². The van der Waals surface area contributed by atoms with E-state index in [4.69, 9.17) is 5.11 Å². The zero-order chi connectivity index (χ0) is 14.2. The van der Waals surface area contributed by atoms with Crippen LogP contribution in [0, 0.1) is 18.6 Å². The third-order valence-corrected chi connectivity index (χ3v) is 3.41. The van der Waals surface area contributed by atoms with Crippen molar-refractivity contribution in [3.8, 4) is 5.69 Å². The fraction of sp³-hybridized carbons (Fsp3) is 0.167. The molecular formula is C12H9BrF2N2O2. The summed E-state index contributed by atoms with van der Waals surface area (Å²) >= 11 is 3.23. The number of nitrogens with zero attached hydrogens (tertiary/aromatic N) is 2. The molecule has 1 heterocycles. The van der Waals surface area contributed by atoms with Gasteiger partial charge in [-0.15, -0.1) is 0 Å². The van der Waals surface area contributed by atoms with Gasteiger partial charge in [0.2, 0.25) is 0 Å². The molecule has 2 aromatic rings. The molecule has 1 aromatic heterocycles. The van der Waals surface area contributed by atoms with Gasteiger partial charge in [0.05, 0.1) is 17.8 Å². The first-order valence-corrected chi connectivity index (χ1v) is 6.10. The predicted molar refractivity (Wildman–Crippen MR) is 67.3 cm³/mol. The molecule has 0 saturated heterocycles. The fourth-order valence-corrected chi connectivity index (χ4v) is 2.38. The number of hydrogen-bond donors (Lipinski definition) is 1. The molecule has 2 rings (SSSR count). The molecule has 0 spiro atoms. The summed E-state index contributed by atoms with van der Waals surface area (Å²) in [5.74, 6) is -2.93. The SMILES string of the molecule is Cc1nn(-c2ccc(F)c(F)c2)c(Br)c1CC(=O)O. The molecule has 0 aliphatic heterocycles. The number of benzene rings is 1. The number of carboxylic acid groups (broad SMARTS) is 1. The van der Waals surface area contributed by atoms with Gasteiger partial charge in [-0.25, -0.2) is 13.5 Å². The highest BCUT2D eigenvalue weighted by molar-refractivity contribution is 9.10. The van der Waals surface area contributed by atoms with Gasteiger partial charge < -0.3 is 5.11 Å². The fourth-order valence-electron chi connectivity index (χ4n) is 1.67. The Balaban J connectivity index is 2.51. The first-order valence-electron chi connectivity index (χ1n) is 5.31. The number of aromatic nitrogens is 2. The second-order valence-electron chi connectivity index (χ2n) is 3.94. The molecule has 0 bridgehead atoms. The molecule has 0 radical (unpaired) electrons. The number of hydrogen-bond acceptors (Lipinski definition) is 2. The minimum Gasteiger partial charge on any atom is -0.481 e. The van der Waals surface area contributed by atoms with Crippen molar-refractivity contribution in [2.45, 2.75) is 13.3 Å². The highest BCUT2D eigenvalue weighted by Crippen LogP contribution is 2.25. The molecule has 100 valence electrons. The summed E-state index contributed by atoms with van der Waals surface area (Å²) in [7, 11) is 0. The summed E-state index contributed by atoms with van der Waals surface area (Å²) < 4.78 is 27.8. The molecule has 0 aliphatic carbocycles. The Morgan fingerprint density at radius 2 is 2.11 bits per heavy atom. The second kappa shape index (κ2) is 5.08. The van der Waals surface area contributed by atoms with Gasteiger partial charge in [-0.1, -0.05) is 0 Å². The van der Waals surface area contributed by atoms with E-state index >= 15 is 0 Å². The summed E-state index contributed by atoms with van der Waals surface area (Å²) in [6, 6.07) is 3.35. The van der Waals surface area contributed by atoms with Crippen LogP contribution in [0.2, 0.25) is 0 Å². The monoisotopic (exact) mass is 330 g/mol. The van der Waals surface area contributed by atoms with Crippen LogP contribution in [0.5, 0.6) is 0 Å². The van der Waals surface area contributed by atoms with E-state index in [1.165, 1.54) is 10.7 Å². The van der Waals surface area contributed by atoms with Crippen molar-refractivity contribution in [1.29, 1.82) is 0 Å². The number of halogens is 3. The standard InChI is InChI=1S/C12H9BrF2N2O2/c1-6-8(5-11(18)19)12(13)17(16-6)7-2-3-9(14)10(15)4-7/h2-4H,5H2,1H3,(H,18,19). The Morgan fingerprint density at radius 3 is 2.68 bits per heavy atom. The molecular weight excluding hydrogens is 322 g/mol. The van der Waals surface area contributed by atoms with Gasteiger partial charge in [-0.3, -0.25) is 4.79 Å².